The van der Waals surface area contributed by atoms with E-state index in [2.05, 4.69) is 30.1 Å². The van der Waals surface area contributed by atoms with Crippen molar-refractivity contribution in [2.45, 2.75) is 33.4 Å². The molecule has 0 aliphatic rings. The summed E-state index contributed by atoms with van der Waals surface area (Å²) in [6.45, 7) is 7.85. The molecular formula is C17H23ClN2O. The monoisotopic (exact) mass is 306 g/mol. The Hall–Kier alpha value is -1.45. The Labute approximate surface area is 131 Å². The van der Waals surface area contributed by atoms with Crippen LogP contribution in [0.25, 0.3) is 0 Å². The molecule has 2 aromatic rings. The predicted molar refractivity (Wildman–Crippen MR) is 88.9 cm³/mol. The molecule has 0 saturated carbocycles. The molecule has 2 rings (SSSR count). The molecule has 1 heterocycles. The molecule has 1 aromatic heterocycles. The Morgan fingerprint density at radius 3 is 2.76 bits per heavy atom. The van der Waals surface area contributed by atoms with E-state index in [1.807, 2.05) is 24.3 Å². The molecule has 21 heavy (non-hydrogen) atoms. The molecule has 4 heteroatoms. The molecular weight excluding hydrogens is 284 g/mol. The van der Waals surface area contributed by atoms with Crippen molar-refractivity contribution in [3.63, 3.8) is 0 Å². The largest absolute Gasteiger partial charge is 0.467 e. The quantitative estimate of drug-likeness (QED) is 0.730. The molecule has 1 aromatic carbocycles. The van der Waals surface area contributed by atoms with Gasteiger partial charge in [0.1, 0.15) is 5.76 Å². The molecule has 0 bridgehead atoms. The summed E-state index contributed by atoms with van der Waals surface area (Å²) in [4.78, 5) is 2.29. The zero-order chi connectivity index (χ0) is 15.1. The Morgan fingerprint density at radius 2 is 2.10 bits per heavy atom. The molecule has 0 radical (unpaired) electrons. The molecule has 0 aliphatic heterocycles. The van der Waals surface area contributed by atoms with E-state index in [0.717, 1.165) is 43.4 Å². The van der Waals surface area contributed by atoms with Crippen molar-refractivity contribution in [1.82, 2.24) is 5.32 Å². The van der Waals surface area contributed by atoms with Crippen LogP contribution < -0.4 is 10.2 Å². The van der Waals surface area contributed by atoms with E-state index in [1.165, 1.54) is 11.3 Å². The van der Waals surface area contributed by atoms with Crippen molar-refractivity contribution in [2.24, 2.45) is 0 Å². The zero-order valence-electron chi connectivity index (χ0n) is 12.7. The first kappa shape index (κ1) is 15.9. The summed E-state index contributed by atoms with van der Waals surface area (Å²) < 4.78 is 5.47. The van der Waals surface area contributed by atoms with Crippen LogP contribution in [0.15, 0.2) is 41.0 Å². The van der Waals surface area contributed by atoms with E-state index in [0.29, 0.717) is 0 Å². The number of halogens is 1. The number of hydrogen-bond donors (Lipinski definition) is 1. The van der Waals surface area contributed by atoms with Gasteiger partial charge in [-0.2, -0.15) is 0 Å². The minimum absolute atomic E-state index is 0.755. The lowest BCUT2D eigenvalue weighted by molar-refractivity contribution is 0.503. The molecule has 3 nitrogen and oxygen atoms in total. The third-order valence-electron chi connectivity index (χ3n) is 3.44. The van der Waals surface area contributed by atoms with Crippen LogP contribution in [0.2, 0.25) is 5.02 Å². The third kappa shape index (κ3) is 4.51. The van der Waals surface area contributed by atoms with Crippen molar-refractivity contribution in [3.05, 3.63) is 52.9 Å². The summed E-state index contributed by atoms with van der Waals surface area (Å²) in [5, 5.41) is 4.22. The number of furan rings is 1. The number of benzene rings is 1. The lowest BCUT2D eigenvalue weighted by atomic mass is 10.1. The standard InChI is InChI=1S/C17H23ClN2O/c1-3-9-19-12-14-7-8-15(18)11-17(14)20(4-2)13-16-6-5-10-21-16/h5-8,10-11,19H,3-4,9,12-13H2,1-2H3. The van der Waals surface area contributed by atoms with Gasteiger partial charge in [-0.1, -0.05) is 24.6 Å². The van der Waals surface area contributed by atoms with Crippen LogP contribution in [0.4, 0.5) is 5.69 Å². The van der Waals surface area contributed by atoms with E-state index in [1.54, 1.807) is 6.26 Å². The Balaban J connectivity index is 2.19. The van der Waals surface area contributed by atoms with Gasteiger partial charge in [0.2, 0.25) is 0 Å². The minimum atomic E-state index is 0.755. The van der Waals surface area contributed by atoms with Crippen LogP contribution in [-0.4, -0.2) is 13.1 Å². The van der Waals surface area contributed by atoms with Crippen molar-refractivity contribution in [1.29, 1.82) is 0 Å². The SMILES string of the molecule is CCCNCc1ccc(Cl)cc1N(CC)Cc1ccco1. The summed E-state index contributed by atoms with van der Waals surface area (Å²) in [5.41, 5.74) is 2.44. The van der Waals surface area contributed by atoms with E-state index in [9.17, 15) is 0 Å². The van der Waals surface area contributed by atoms with E-state index in [4.69, 9.17) is 16.0 Å². The number of nitrogens with one attached hydrogen (secondary N) is 1. The fraction of sp³-hybridized carbons (Fsp3) is 0.412. The highest BCUT2D eigenvalue weighted by Crippen LogP contribution is 2.26. The normalized spacial score (nSPS) is 10.8. The molecule has 0 fully saturated rings. The van der Waals surface area contributed by atoms with Crippen molar-refractivity contribution >= 4 is 17.3 Å². The van der Waals surface area contributed by atoms with Crippen LogP contribution in [0, 0.1) is 0 Å². The molecule has 114 valence electrons. The number of nitrogens with zero attached hydrogens (tertiary/aromatic N) is 1. The first-order valence-corrected chi connectivity index (χ1v) is 7.88. The van der Waals surface area contributed by atoms with Crippen LogP contribution in [-0.2, 0) is 13.1 Å². The van der Waals surface area contributed by atoms with E-state index < -0.39 is 0 Å². The van der Waals surface area contributed by atoms with Crippen molar-refractivity contribution in [3.8, 4) is 0 Å². The van der Waals surface area contributed by atoms with Gasteiger partial charge in [-0.3, -0.25) is 0 Å². The van der Waals surface area contributed by atoms with Gasteiger partial charge >= 0.3 is 0 Å². The predicted octanol–water partition coefficient (Wildman–Crippen LogP) is 4.46. The van der Waals surface area contributed by atoms with Crippen LogP contribution in [0.1, 0.15) is 31.6 Å². The van der Waals surface area contributed by atoms with Gasteiger partial charge in [0.15, 0.2) is 0 Å². The zero-order valence-corrected chi connectivity index (χ0v) is 13.5. The Kier molecular flexibility index (Phi) is 6.15. The first-order valence-electron chi connectivity index (χ1n) is 7.51. The van der Waals surface area contributed by atoms with Gasteiger partial charge in [-0.25, -0.2) is 0 Å². The molecule has 0 atom stereocenters. The summed E-state index contributed by atoms with van der Waals surface area (Å²) in [6, 6.07) is 10.0. The third-order valence-corrected chi connectivity index (χ3v) is 3.67. The van der Waals surface area contributed by atoms with Crippen LogP contribution in [0.5, 0.6) is 0 Å². The van der Waals surface area contributed by atoms with Gasteiger partial charge in [0.05, 0.1) is 12.8 Å². The lowest BCUT2D eigenvalue weighted by Crippen LogP contribution is -2.24. The summed E-state index contributed by atoms with van der Waals surface area (Å²) in [7, 11) is 0. The molecule has 1 N–H and O–H groups in total. The summed E-state index contributed by atoms with van der Waals surface area (Å²) in [6.07, 6.45) is 2.84. The second kappa shape index (κ2) is 8.11. The highest BCUT2D eigenvalue weighted by Gasteiger charge is 2.12. The number of hydrogen-bond acceptors (Lipinski definition) is 3. The van der Waals surface area contributed by atoms with E-state index >= 15 is 0 Å². The second-order valence-electron chi connectivity index (χ2n) is 5.04. The highest BCUT2D eigenvalue weighted by atomic mass is 35.5. The molecule has 0 amide bonds. The average molecular weight is 307 g/mol. The Bertz CT molecular complexity index is 540. The van der Waals surface area contributed by atoms with E-state index in [-0.39, 0.29) is 0 Å². The summed E-state index contributed by atoms with van der Waals surface area (Å²) >= 11 is 6.19. The maximum atomic E-state index is 6.19. The molecule has 0 spiro atoms. The van der Waals surface area contributed by atoms with Crippen molar-refractivity contribution in [2.75, 3.05) is 18.0 Å². The lowest BCUT2D eigenvalue weighted by Gasteiger charge is -2.25. The molecule has 0 aliphatic carbocycles. The smallest absolute Gasteiger partial charge is 0.123 e. The minimum Gasteiger partial charge on any atom is -0.467 e. The van der Waals surface area contributed by atoms with Gasteiger partial charge < -0.3 is 14.6 Å². The topological polar surface area (TPSA) is 28.4 Å². The molecule has 0 saturated heterocycles. The average Bonchev–Trinajstić information content (AvgIpc) is 2.99. The first-order chi connectivity index (χ1) is 10.2. The van der Waals surface area contributed by atoms with Crippen LogP contribution >= 0.6 is 11.6 Å². The summed E-state index contributed by atoms with van der Waals surface area (Å²) in [5.74, 6) is 0.962. The van der Waals surface area contributed by atoms with Gasteiger partial charge in [0, 0.05) is 23.8 Å². The van der Waals surface area contributed by atoms with Gasteiger partial charge in [-0.05, 0) is 49.7 Å². The fourth-order valence-corrected chi connectivity index (χ4v) is 2.51. The van der Waals surface area contributed by atoms with Gasteiger partial charge in [-0.15, -0.1) is 0 Å². The maximum absolute atomic E-state index is 6.19. The second-order valence-corrected chi connectivity index (χ2v) is 5.48. The maximum Gasteiger partial charge on any atom is 0.123 e. The van der Waals surface area contributed by atoms with Crippen molar-refractivity contribution < 1.29 is 4.42 Å². The van der Waals surface area contributed by atoms with Gasteiger partial charge in [0.25, 0.3) is 0 Å². The number of rotatable bonds is 8. The fourth-order valence-electron chi connectivity index (χ4n) is 2.34. The Morgan fingerprint density at radius 1 is 1.24 bits per heavy atom. The number of anilines is 1. The molecule has 0 unspecified atom stereocenters. The van der Waals surface area contributed by atoms with Crippen LogP contribution in [0.3, 0.4) is 0 Å². The highest BCUT2D eigenvalue weighted by molar-refractivity contribution is 6.30.